The van der Waals surface area contributed by atoms with E-state index < -0.39 is 0 Å². The number of hydrogen-bond donors (Lipinski definition) is 0. The van der Waals surface area contributed by atoms with Gasteiger partial charge >= 0.3 is 6.92 Å². The molecule has 0 N–H and O–H groups in total. The minimum absolute atomic E-state index is 0.0877. The zero-order valence-corrected chi connectivity index (χ0v) is 15.3. The highest BCUT2D eigenvalue weighted by molar-refractivity contribution is 6.68. The molecule has 0 saturated carbocycles. The van der Waals surface area contributed by atoms with Gasteiger partial charge in [0.05, 0.1) is 18.8 Å². The molecule has 2 rings (SSSR count). The largest absolute Gasteiger partial charge is 0.426 e. The lowest BCUT2D eigenvalue weighted by Crippen LogP contribution is -2.36. The Balaban J connectivity index is 1.96. The van der Waals surface area contributed by atoms with Crippen molar-refractivity contribution in [2.45, 2.75) is 39.6 Å². The summed E-state index contributed by atoms with van der Waals surface area (Å²) >= 11 is 0. The summed E-state index contributed by atoms with van der Waals surface area (Å²) in [6, 6.07) is 8.73. The Bertz CT molecular complexity index is 509. The van der Waals surface area contributed by atoms with Crippen LogP contribution in [0.15, 0.2) is 36.9 Å². The standard InChI is InChI=1S/C19H30BNO2/c1-7-13-22-14-12-21(6)17-10-8-16(9-11-17)20-15-18(2,3)19(4,5)23-20/h7-11H,1,12-15H2,2-6H3. The van der Waals surface area contributed by atoms with Crippen molar-refractivity contribution in [3.05, 3.63) is 36.9 Å². The maximum Gasteiger partial charge on any atom is 0.327 e. The molecule has 0 amide bonds. The number of likely N-dealkylation sites (N-methyl/N-ethyl adjacent to an activating group) is 1. The van der Waals surface area contributed by atoms with E-state index in [1.165, 1.54) is 11.2 Å². The molecule has 0 bridgehead atoms. The molecule has 1 aromatic carbocycles. The van der Waals surface area contributed by atoms with Crippen molar-refractivity contribution in [1.82, 2.24) is 0 Å². The summed E-state index contributed by atoms with van der Waals surface area (Å²) in [5.74, 6) is 0. The predicted molar refractivity (Wildman–Crippen MR) is 99.9 cm³/mol. The van der Waals surface area contributed by atoms with Crippen LogP contribution in [0, 0.1) is 5.41 Å². The molecule has 1 aliphatic rings. The highest BCUT2D eigenvalue weighted by Gasteiger charge is 2.49. The molecule has 0 aromatic heterocycles. The average Bonchev–Trinajstić information content (AvgIpc) is 2.72. The van der Waals surface area contributed by atoms with Crippen LogP contribution in [-0.2, 0) is 9.39 Å². The van der Waals surface area contributed by atoms with Crippen molar-refractivity contribution in [3.8, 4) is 0 Å². The van der Waals surface area contributed by atoms with Gasteiger partial charge in [0.2, 0.25) is 0 Å². The minimum Gasteiger partial charge on any atom is -0.426 e. The van der Waals surface area contributed by atoms with Crippen LogP contribution in [0.3, 0.4) is 0 Å². The monoisotopic (exact) mass is 315 g/mol. The molecule has 1 aliphatic heterocycles. The lowest BCUT2D eigenvalue weighted by Gasteiger charge is -2.34. The Labute approximate surface area is 141 Å². The second-order valence-electron chi connectivity index (χ2n) is 7.58. The van der Waals surface area contributed by atoms with E-state index in [4.69, 9.17) is 9.39 Å². The summed E-state index contributed by atoms with van der Waals surface area (Å²) < 4.78 is 11.7. The molecular formula is C19H30BNO2. The zero-order valence-electron chi connectivity index (χ0n) is 15.3. The summed E-state index contributed by atoms with van der Waals surface area (Å²) in [6.07, 6.45) is 2.84. The van der Waals surface area contributed by atoms with Gasteiger partial charge in [-0.2, -0.15) is 0 Å². The lowest BCUT2D eigenvalue weighted by molar-refractivity contribution is 0.0375. The van der Waals surface area contributed by atoms with E-state index in [-0.39, 0.29) is 17.9 Å². The van der Waals surface area contributed by atoms with Crippen LogP contribution in [-0.4, -0.2) is 39.3 Å². The van der Waals surface area contributed by atoms with Crippen LogP contribution in [0.2, 0.25) is 6.32 Å². The third-order valence-electron chi connectivity index (χ3n) is 5.27. The van der Waals surface area contributed by atoms with Gasteiger partial charge in [-0.3, -0.25) is 0 Å². The van der Waals surface area contributed by atoms with E-state index in [1.54, 1.807) is 6.08 Å². The summed E-state index contributed by atoms with van der Waals surface area (Å²) in [7, 11) is 2.09. The van der Waals surface area contributed by atoms with Gasteiger partial charge in [0, 0.05) is 19.3 Å². The third kappa shape index (κ3) is 4.18. The van der Waals surface area contributed by atoms with Crippen molar-refractivity contribution in [3.63, 3.8) is 0 Å². The van der Waals surface area contributed by atoms with Gasteiger partial charge in [-0.25, -0.2) is 0 Å². The van der Waals surface area contributed by atoms with Gasteiger partial charge < -0.3 is 14.3 Å². The molecule has 1 heterocycles. The van der Waals surface area contributed by atoms with E-state index in [2.05, 4.69) is 70.5 Å². The summed E-state index contributed by atoms with van der Waals surface area (Å²) in [5.41, 5.74) is 2.57. The van der Waals surface area contributed by atoms with Crippen LogP contribution in [0.1, 0.15) is 27.7 Å². The first kappa shape index (κ1) is 18.1. The average molecular weight is 315 g/mol. The quantitative estimate of drug-likeness (QED) is 0.437. The maximum atomic E-state index is 6.30. The molecule has 0 radical (unpaired) electrons. The number of hydrogen-bond acceptors (Lipinski definition) is 3. The van der Waals surface area contributed by atoms with Gasteiger partial charge in [0.15, 0.2) is 0 Å². The fourth-order valence-electron chi connectivity index (χ4n) is 2.89. The highest BCUT2D eigenvalue weighted by Crippen LogP contribution is 2.45. The maximum absolute atomic E-state index is 6.30. The first-order valence-electron chi connectivity index (χ1n) is 8.44. The van der Waals surface area contributed by atoms with E-state index >= 15 is 0 Å². The van der Waals surface area contributed by atoms with E-state index in [1.807, 2.05) is 0 Å². The highest BCUT2D eigenvalue weighted by atomic mass is 16.5. The fourth-order valence-corrected chi connectivity index (χ4v) is 2.89. The van der Waals surface area contributed by atoms with Crippen molar-refractivity contribution < 1.29 is 9.39 Å². The van der Waals surface area contributed by atoms with Crippen LogP contribution in [0.4, 0.5) is 5.69 Å². The molecule has 1 aromatic rings. The molecule has 0 atom stereocenters. The first-order chi connectivity index (χ1) is 10.8. The number of nitrogens with zero attached hydrogens (tertiary/aromatic N) is 1. The van der Waals surface area contributed by atoms with Crippen LogP contribution in [0.5, 0.6) is 0 Å². The van der Waals surface area contributed by atoms with Crippen LogP contribution in [0.25, 0.3) is 0 Å². The number of benzene rings is 1. The minimum atomic E-state index is -0.0877. The van der Waals surface area contributed by atoms with Gasteiger partial charge in [-0.1, -0.05) is 32.1 Å². The molecule has 0 spiro atoms. The Morgan fingerprint density at radius 2 is 1.91 bits per heavy atom. The van der Waals surface area contributed by atoms with Gasteiger partial charge in [-0.15, -0.1) is 6.58 Å². The van der Waals surface area contributed by atoms with Crippen molar-refractivity contribution >= 4 is 18.1 Å². The van der Waals surface area contributed by atoms with Crippen molar-refractivity contribution in [1.29, 1.82) is 0 Å². The third-order valence-corrected chi connectivity index (χ3v) is 5.27. The van der Waals surface area contributed by atoms with Gasteiger partial charge in [-0.05, 0) is 43.2 Å². The lowest BCUT2D eigenvalue weighted by atomic mass is 9.54. The molecule has 0 unspecified atom stereocenters. The number of anilines is 1. The molecule has 1 fully saturated rings. The van der Waals surface area contributed by atoms with Gasteiger partial charge in [0.25, 0.3) is 0 Å². The molecule has 126 valence electrons. The molecule has 23 heavy (non-hydrogen) atoms. The normalized spacial score (nSPS) is 18.9. The molecule has 3 nitrogen and oxygen atoms in total. The Kier molecular flexibility index (Phi) is 5.59. The fraction of sp³-hybridized carbons (Fsp3) is 0.579. The first-order valence-corrected chi connectivity index (χ1v) is 8.44. The smallest absolute Gasteiger partial charge is 0.327 e. The number of rotatable bonds is 7. The van der Waals surface area contributed by atoms with E-state index in [9.17, 15) is 0 Å². The summed E-state index contributed by atoms with van der Waals surface area (Å²) in [6.45, 7) is 15.0. The topological polar surface area (TPSA) is 21.7 Å². The number of ether oxygens (including phenoxy) is 1. The molecule has 1 saturated heterocycles. The van der Waals surface area contributed by atoms with Crippen molar-refractivity contribution in [2.75, 3.05) is 31.7 Å². The second kappa shape index (κ2) is 7.10. The molecular weight excluding hydrogens is 285 g/mol. The molecule has 0 aliphatic carbocycles. The van der Waals surface area contributed by atoms with E-state index in [0.29, 0.717) is 13.2 Å². The summed E-state index contributed by atoms with van der Waals surface area (Å²) in [5, 5.41) is 0. The Morgan fingerprint density at radius 1 is 1.26 bits per heavy atom. The van der Waals surface area contributed by atoms with Crippen LogP contribution < -0.4 is 10.4 Å². The SMILES string of the molecule is C=CCOCCN(C)c1ccc(B2CC(C)(C)C(C)(C)O2)cc1. The van der Waals surface area contributed by atoms with Crippen LogP contribution >= 0.6 is 0 Å². The molecule has 4 heteroatoms. The van der Waals surface area contributed by atoms with Gasteiger partial charge in [0.1, 0.15) is 0 Å². The van der Waals surface area contributed by atoms with Crippen molar-refractivity contribution in [2.24, 2.45) is 5.41 Å². The predicted octanol–water partition coefficient (Wildman–Crippen LogP) is 3.36. The Hall–Kier alpha value is -1.26. The van der Waals surface area contributed by atoms with E-state index in [0.717, 1.165) is 12.9 Å². The zero-order chi connectivity index (χ0) is 17.1. The second-order valence-corrected chi connectivity index (χ2v) is 7.58. The Morgan fingerprint density at radius 3 is 2.43 bits per heavy atom. The summed E-state index contributed by atoms with van der Waals surface area (Å²) in [4.78, 5) is 2.20.